The monoisotopic (exact) mass is 596 g/mol. The van der Waals surface area contributed by atoms with Crippen molar-refractivity contribution < 1.29 is 33.3 Å². The maximum atomic E-state index is 14.2. The fraction of sp³-hybridized carbons (Fsp3) is 0.412. The number of hydrogen-bond donors (Lipinski definition) is 3. The van der Waals surface area contributed by atoms with Crippen LogP contribution in [0.5, 0.6) is 0 Å². The van der Waals surface area contributed by atoms with Crippen LogP contribution in [0.1, 0.15) is 75.7 Å². The zero-order valence-electron chi connectivity index (χ0n) is 25.3. The van der Waals surface area contributed by atoms with Crippen LogP contribution >= 0.6 is 0 Å². The fourth-order valence-corrected chi connectivity index (χ4v) is 4.89. The van der Waals surface area contributed by atoms with Crippen LogP contribution in [0.3, 0.4) is 0 Å². The average molecular weight is 597 g/mol. The van der Waals surface area contributed by atoms with Crippen LogP contribution in [0.25, 0.3) is 0 Å². The number of amides is 2. The Hall–Kier alpha value is -3.66. The van der Waals surface area contributed by atoms with Crippen molar-refractivity contribution in [2.45, 2.75) is 65.2 Å². The molecule has 9 heteroatoms. The quantitative estimate of drug-likeness (QED) is 0.207. The van der Waals surface area contributed by atoms with Gasteiger partial charge in [0.2, 0.25) is 0 Å². The minimum atomic E-state index is -1.67. The molecule has 0 aliphatic carbocycles. The van der Waals surface area contributed by atoms with Gasteiger partial charge < -0.3 is 25.2 Å². The second-order valence-corrected chi connectivity index (χ2v) is 10.9. The first-order valence-corrected chi connectivity index (χ1v) is 14.7. The summed E-state index contributed by atoms with van der Waals surface area (Å²) in [6.07, 6.45) is -0.999. The molecule has 3 rings (SSSR count). The Bertz CT molecular complexity index is 1340. The number of aliphatic hydroxyl groups excluding tert-OH is 2. The summed E-state index contributed by atoms with van der Waals surface area (Å²) in [5.41, 5.74) is 3.24. The SMILES string of the molecule is CCCN(CCC)C(=O)c1cc(C)cc(C(=O)NC(c2cc(F)cc(F)c2)[C@@H](O)[C@H](O)COCCc2ccc(C)cc2)c1. The Labute approximate surface area is 252 Å². The third kappa shape index (κ3) is 9.95. The normalized spacial score (nSPS) is 13.3. The Morgan fingerprint density at radius 1 is 0.860 bits per heavy atom. The van der Waals surface area contributed by atoms with Crippen molar-refractivity contribution in [3.63, 3.8) is 0 Å². The summed E-state index contributed by atoms with van der Waals surface area (Å²) in [5.74, 6) is -2.69. The molecule has 0 spiro atoms. The Morgan fingerprint density at radius 3 is 2.07 bits per heavy atom. The van der Waals surface area contributed by atoms with Crippen LogP contribution in [-0.2, 0) is 11.2 Å². The first-order valence-electron chi connectivity index (χ1n) is 14.7. The van der Waals surface area contributed by atoms with Gasteiger partial charge in [0.1, 0.15) is 23.8 Å². The predicted molar refractivity (Wildman–Crippen MR) is 162 cm³/mol. The molecule has 3 aromatic rings. The lowest BCUT2D eigenvalue weighted by atomic mass is 9.96. The van der Waals surface area contributed by atoms with E-state index in [1.54, 1.807) is 24.0 Å². The highest BCUT2D eigenvalue weighted by atomic mass is 19.1. The molecule has 0 radical (unpaired) electrons. The van der Waals surface area contributed by atoms with E-state index in [9.17, 15) is 28.6 Å². The lowest BCUT2D eigenvalue weighted by Crippen LogP contribution is -2.44. The predicted octanol–water partition coefficient (Wildman–Crippen LogP) is 5.30. The van der Waals surface area contributed by atoms with E-state index in [2.05, 4.69) is 5.32 Å². The number of carbonyl (C=O) groups is 2. The number of benzene rings is 3. The number of aryl methyl sites for hydroxylation is 2. The molecular formula is C34H42F2N2O5. The molecule has 7 nitrogen and oxygen atoms in total. The second-order valence-electron chi connectivity index (χ2n) is 10.9. The number of rotatable bonds is 15. The molecule has 232 valence electrons. The van der Waals surface area contributed by atoms with Gasteiger partial charge in [-0.05, 0) is 80.1 Å². The van der Waals surface area contributed by atoms with Crippen molar-refractivity contribution in [1.29, 1.82) is 0 Å². The third-order valence-corrected chi connectivity index (χ3v) is 7.07. The van der Waals surface area contributed by atoms with Crippen molar-refractivity contribution in [1.82, 2.24) is 10.2 Å². The van der Waals surface area contributed by atoms with Crippen molar-refractivity contribution in [2.24, 2.45) is 0 Å². The summed E-state index contributed by atoms with van der Waals surface area (Å²) in [7, 11) is 0. The number of nitrogens with zero attached hydrogens (tertiary/aromatic N) is 1. The summed E-state index contributed by atoms with van der Waals surface area (Å²) in [6.45, 7) is 8.85. The number of hydrogen-bond acceptors (Lipinski definition) is 5. The van der Waals surface area contributed by atoms with Gasteiger partial charge in [0.25, 0.3) is 11.8 Å². The zero-order chi connectivity index (χ0) is 31.5. The molecule has 3 N–H and O–H groups in total. The molecule has 0 saturated heterocycles. The fourth-order valence-electron chi connectivity index (χ4n) is 4.89. The lowest BCUT2D eigenvalue weighted by Gasteiger charge is -2.28. The molecule has 0 aliphatic rings. The van der Waals surface area contributed by atoms with Gasteiger partial charge in [-0.15, -0.1) is 0 Å². The van der Waals surface area contributed by atoms with E-state index in [1.165, 1.54) is 6.07 Å². The highest BCUT2D eigenvalue weighted by Gasteiger charge is 2.31. The van der Waals surface area contributed by atoms with Gasteiger partial charge in [0, 0.05) is 30.3 Å². The number of nitrogens with one attached hydrogen (secondary N) is 1. The molecular weight excluding hydrogens is 554 g/mol. The summed E-state index contributed by atoms with van der Waals surface area (Å²) < 4.78 is 33.9. The number of carbonyl (C=O) groups excluding carboxylic acids is 2. The molecule has 0 heterocycles. The smallest absolute Gasteiger partial charge is 0.253 e. The maximum Gasteiger partial charge on any atom is 0.253 e. The van der Waals surface area contributed by atoms with Crippen LogP contribution in [0, 0.1) is 25.5 Å². The molecule has 0 aliphatic heterocycles. The topological polar surface area (TPSA) is 99.1 Å². The molecule has 0 saturated carbocycles. The highest BCUT2D eigenvalue weighted by molar-refractivity contribution is 6.00. The van der Waals surface area contributed by atoms with Crippen LogP contribution in [-0.4, -0.2) is 65.4 Å². The van der Waals surface area contributed by atoms with Gasteiger partial charge in [-0.1, -0.05) is 43.7 Å². The molecule has 0 fully saturated rings. The number of aliphatic hydroxyl groups is 2. The summed E-state index contributed by atoms with van der Waals surface area (Å²) in [4.78, 5) is 28.4. The summed E-state index contributed by atoms with van der Waals surface area (Å²) in [6, 6.07) is 13.9. The zero-order valence-corrected chi connectivity index (χ0v) is 25.3. The van der Waals surface area contributed by atoms with Crippen LogP contribution < -0.4 is 5.32 Å². The van der Waals surface area contributed by atoms with Crippen LogP contribution in [0.15, 0.2) is 60.7 Å². The van der Waals surface area contributed by atoms with E-state index in [0.717, 1.165) is 36.1 Å². The Kier molecular flexibility index (Phi) is 12.8. The minimum Gasteiger partial charge on any atom is -0.388 e. The van der Waals surface area contributed by atoms with E-state index in [4.69, 9.17) is 4.74 Å². The lowest BCUT2D eigenvalue weighted by molar-refractivity contribution is -0.0509. The van der Waals surface area contributed by atoms with Gasteiger partial charge in [0.05, 0.1) is 19.3 Å². The van der Waals surface area contributed by atoms with Gasteiger partial charge in [-0.2, -0.15) is 0 Å². The Morgan fingerprint density at radius 2 is 1.47 bits per heavy atom. The number of ether oxygens (including phenoxy) is 1. The average Bonchev–Trinajstić information content (AvgIpc) is 2.97. The first kappa shape index (κ1) is 33.8. The van der Waals surface area contributed by atoms with Gasteiger partial charge in [-0.3, -0.25) is 9.59 Å². The molecule has 2 amide bonds. The Balaban J connectivity index is 1.79. The first-order chi connectivity index (χ1) is 20.5. The molecule has 0 aromatic heterocycles. The summed E-state index contributed by atoms with van der Waals surface area (Å²) >= 11 is 0. The van der Waals surface area contributed by atoms with E-state index < -0.39 is 35.8 Å². The van der Waals surface area contributed by atoms with Gasteiger partial charge in [0.15, 0.2) is 0 Å². The van der Waals surface area contributed by atoms with E-state index >= 15 is 0 Å². The van der Waals surface area contributed by atoms with Crippen molar-refractivity contribution >= 4 is 11.8 Å². The molecule has 1 unspecified atom stereocenters. The molecule has 43 heavy (non-hydrogen) atoms. The van der Waals surface area contributed by atoms with Gasteiger partial charge >= 0.3 is 0 Å². The molecule has 3 aromatic carbocycles. The third-order valence-electron chi connectivity index (χ3n) is 7.07. The van der Waals surface area contributed by atoms with Crippen LogP contribution in [0.2, 0.25) is 0 Å². The standard InChI is InChI=1S/C34H42F2N2O5/c1-5-12-38(13-6-2)34(42)27-16-23(4)15-26(17-27)33(41)37-31(25-18-28(35)20-29(36)19-25)32(40)30(39)21-43-14-11-24-9-7-22(3)8-10-24/h7-10,15-20,30-32,39-40H,5-6,11-14,21H2,1-4H3,(H,37,41)/t30-,31?,32+/m1/s1. The van der Waals surface area contributed by atoms with Gasteiger partial charge in [-0.25, -0.2) is 8.78 Å². The van der Waals surface area contributed by atoms with E-state index in [-0.39, 0.29) is 30.2 Å². The van der Waals surface area contributed by atoms with Crippen molar-refractivity contribution in [2.75, 3.05) is 26.3 Å². The molecule has 0 bridgehead atoms. The maximum absolute atomic E-state index is 14.2. The minimum absolute atomic E-state index is 0.0712. The largest absolute Gasteiger partial charge is 0.388 e. The number of halogens is 2. The van der Waals surface area contributed by atoms with E-state index in [1.807, 2.05) is 45.0 Å². The van der Waals surface area contributed by atoms with Crippen molar-refractivity contribution in [3.05, 3.63) is 106 Å². The molecule has 3 atom stereocenters. The van der Waals surface area contributed by atoms with E-state index in [0.29, 0.717) is 36.7 Å². The highest BCUT2D eigenvalue weighted by Crippen LogP contribution is 2.24. The van der Waals surface area contributed by atoms with Crippen LogP contribution in [0.4, 0.5) is 8.78 Å². The van der Waals surface area contributed by atoms with Crippen molar-refractivity contribution in [3.8, 4) is 0 Å². The summed E-state index contributed by atoms with van der Waals surface area (Å²) in [5, 5.41) is 24.5. The second kappa shape index (κ2) is 16.3.